The standard InChI is InChI=1S/C25H24ClNO4S/c1-5-7-19(17(4)28)16(3)12-21-20-13-18(10-11-24(20)27-25(21)29)32(30,31)14-22-15(2)8-6-9-23(22)26/h5-13H,14H2,1-4H3,(H,27,29)/b7-5-,19-16-,21-12-. The van der Waals surface area contributed by atoms with Gasteiger partial charge in [-0.1, -0.05) is 35.9 Å². The summed E-state index contributed by atoms with van der Waals surface area (Å²) in [7, 11) is -3.72. The lowest BCUT2D eigenvalue weighted by atomic mass is 10.00. The molecule has 166 valence electrons. The minimum Gasteiger partial charge on any atom is -0.321 e. The number of carbonyl (C=O) groups excluding carboxylic acids is 2. The number of fused-ring (bicyclic) bond motifs is 1. The van der Waals surface area contributed by atoms with Crippen LogP contribution in [-0.4, -0.2) is 20.1 Å². The largest absolute Gasteiger partial charge is 0.321 e. The molecule has 0 unspecified atom stereocenters. The minimum absolute atomic E-state index is 0.0971. The van der Waals surface area contributed by atoms with Gasteiger partial charge in [0.2, 0.25) is 0 Å². The minimum atomic E-state index is -3.72. The van der Waals surface area contributed by atoms with Gasteiger partial charge in [-0.3, -0.25) is 9.59 Å². The zero-order chi connectivity index (χ0) is 23.6. The number of benzene rings is 2. The lowest BCUT2D eigenvalue weighted by Gasteiger charge is -2.10. The Bertz CT molecular complexity index is 1300. The second kappa shape index (κ2) is 9.27. The number of Topliss-reactive ketones (excluding diaryl/α,β-unsaturated/α-hetero) is 1. The maximum Gasteiger partial charge on any atom is 0.256 e. The summed E-state index contributed by atoms with van der Waals surface area (Å²) in [6.07, 6.45) is 5.06. The molecule has 0 fully saturated rings. The molecule has 1 amide bonds. The van der Waals surface area contributed by atoms with Crippen molar-refractivity contribution in [2.75, 3.05) is 5.32 Å². The Labute approximate surface area is 193 Å². The van der Waals surface area contributed by atoms with Crippen molar-refractivity contribution in [2.45, 2.75) is 38.3 Å². The van der Waals surface area contributed by atoms with Gasteiger partial charge >= 0.3 is 0 Å². The third-order valence-electron chi connectivity index (χ3n) is 5.32. The maximum atomic E-state index is 13.2. The number of allylic oxidation sites excluding steroid dienone is 5. The Balaban J connectivity index is 2.08. The molecule has 0 aromatic heterocycles. The molecule has 0 saturated heterocycles. The Kier molecular flexibility index (Phi) is 6.86. The molecule has 3 rings (SSSR count). The van der Waals surface area contributed by atoms with Crippen molar-refractivity contribution in [3.05, 3.63) is 87.5 Å². The molecule has 5 nitrogen and oxygen atoms in total. The van der Waals surface area contributed by atoms with E-state index in [1.54, 1.807) is 50.3 Å². The number of aryl methyl sites for hydroxylation is 1. The topological polar surface area (TPSA) is 80.3 Å². The summed E-state index contributed by atoms with van der Waals surface area (Å²) in [6, 6.07) is 9.81. The van der Waals surface area contributed by atoms with E-state index < -0.39 is 9.84 Å². The molecule has 7 heteroatoms. The molecule has 1 aliphatic heterocycles. The van der Waals surface area contributed by atoms with Crippen molar-refractivity contribution >= 4 is 44.4 Å². The molecule has 0 bridgehead atoms. The first-order valence-electron chi connectivity index (χ1n) is 10.0. The molecule has 0 atom stereocenters. The summed E-state index contributed by atoms with van der Waals surface area (Å²) < 4.78 is 26.3. The summed E-state index contributed by atoms with van der Waals surface area (Å²) in [5, 5.41) is 3.15. The fourth-order valence-electron chi connectivity index (χ4n) is 3.61. The van der Waals surface area contributed by atoms with Gasteiger partial charge in [-0.15, -0.1) is 0 Å². The van der Waals surface area contributed by atoms with E-state index in [2.05, 4.69) is 5.32 Å². The number of amides is 1. The van der Waals surface area contributed by atoms with Gasteiger partial charge in [0.05, 0.1) is 10.6 Å². The average molecular weight is 470 g/mol. The second-order valence-electron chi connectivity index (χ2n) is 7.67. The third-order valence-corrected chi connectivity index (χ3v) is 7.31. The van der Waals surface area contributed by atoms with Crippen LogP contribution in [0, 0.1) is 6.92 Å². The van der Waals surface area contributed by atoms with Crippen LogP contribution in [0.25, 0.3) is 5.57 Å². The highest BCUT2D eigenvalue weighted by Crippen LogP contribution is 2.36. The average Bonchev–Trinajstić information content (AvgIpc) is 3.03. The first-order chi connectivity index (χ1) is 15.0. The van der Waals surface area contributed by atoms with E-state index >= 15 is 0 Å². The fraction of sp³-hybridized carbons (Fsp3) is 0.200. The Hall–Kier alpha value is -2.96. The third kappa shape index (κ3) is 4.76. The summed E-state index contributed by atoms with van der Waals surface area (Å²) in [5.74, 6) is -0.714. The lowest BCUT2D eigenvalue weighted by molar-refractivity contribution is -0.113. The molecule has 32 heavy (non-hydrogen) atoms. The van der Waals surface area contributed by atoms with Crippen LogP contribution in [0.2, 0.25) is 5.02 Å². The number of hydrogen-bond donors (Lipinski definition) is 1. The van der Waals surface area contributed by atoms with E-state index in [0.29, 0.717) is 38.6 Å². The molecule has 1 N–H and O–H groups in total. The van der Waals surface area contributed by atoms with Crippen LogP contribution in [0.3, 0.4) is 0 Å². The van der Waals surface area contributed by atoms with Crippen molar-refractivity contribution in [3.63, 3.8) is 0 Å². The van der Waals surface area contributed by atoms with Gasteiger partial charge < -0.3 is 5.32 Å². The van der Waals surface area contributed by atoms with Crippen LogP contribution >= 0.6 is 11.6 Å². The van der Waals surface area contributed by atoms with Crippen molar-refractivity contribution in [1.82, 2.24) is 0 Å². The number of rotatable bonds is 6. The Morgan fingerprint density at radius 1 is 1.16 bits per heavy atom. The van der Waals surface area contributed by atoms with Crippen LogP contribution in [0.5, 0.6) is 0 Å². The van der Waals surface area contributed by atoms with Crippen molar-refractivity contribution in [2.24, 2.45) is 0 Å². The molecular weight excluding hydrogens is 446 g/mol. The molecule has 0 radical (unpaired) electrons. The van der Waals surface area contributed by atoms with E-state index in [-0.39, 0.29) is 22.3 Å². The molecule has 2 aromatic rings. The predicted octanol–water partition coefficient (Wildman–Crippen LogP) is 5.44. The van der Waals surface area contributed by atoms with E-state index in [1.165, 1.54) is 19.1 Å². The van der Waals surface area contributed by atoms with Gasteiger partial charge in [0.1, 0.15) is 0 Å². The molecule has 1 aliphatic rings. The van der Waals surface area contributed by atoms with E-state index in [4.69, 9.17) is 11.6 Å². The van der Waals surface area contributed by atoms with E-state index in [9.17, 15) is 18.0 Å². The van der Waals surface area contributed by atoms with Gasteiger partial charge in [0.15, 0.2) is 15.6 Å². The predicted molar refractivity (Wildman–Crippen MR) is 128 cm³/mol. The van der Waals surface area contributed by atoms with E-state index in [1.807, 2.05) is 13.0 Å². The highest BCUT2D eigenvalue weighted by Gasteiger charge is 2.27. The first kappa shape index (κ1) is 23.7. The zero-order valence-electron chi connectivity index (χ0n) is 18.3. The Morgan fingerprint density at radius 2 is 1.88 bits per heavy atom. The van der Waals surface area contributed by atoms with Crippen LogP contribution < -0.4 is 5.32 Å². The normalized spacial score (nSPS) is 15.7. The molecule has 0 saturated carbocycles. The fourth-order valence-corrected chi connectivity index (χ4v) is 5.48. The molecule has 2 aromatic carbocycles. The number of ketones is 1. The molecule has 0 spiro atoms. The highest BCUT2D eigenvalue weighted by atomic mass is 35.5. The number of sulfone groups is 1. The summed E-state index contributed by atoms with van der Waals surface area (Å²) in [4.78, 5) is 24.6. The lowest BCUT2D eigenvalue weighted by Crippen LogP contribution is -2.07. The van der Waals surface area contributed by atoms with Gasteiger partial charge in [0, 0.05) is 27.4 Å². The molecular formula is C25H24ClNO4S. The number of halogens is 1. The molecule has 1 heterocycles. The number of anilines is 1. The van der Waals surface area contributed by atoms with Gasteiger partial charge in [-0.2, -0.15) is 0 Å². The van der Waals surface area contributed by atoms with Gasteiger partial charge in [-0.05, 0) is 74.7 Å². The highest BCUT2D eigenvalue weighted by molar-refractivity contribution is 7.90. The van der Waals surface area contributed by atoms with Crippen molar-refractivity contribution in [3.8, 4) is 0 Å². The first-order valence-corrected chi connectivity index (χ1v) is 12.1. The summed E-state index contributed by atoms with van der Waals surface area (Å²) >= 11 is 6.23. The van der Waals surface area contributed by atoms with Gasteiger partial charge in [-0.25, -0.2) is 8.42 Å². The van der Waals surface area contributed by atoms with Crippen LogP contribution in [0.15, 0.2) is 70.7 Å². The second-order valence-corrected chi connectivity index (χ2v) is 10.1. The zero-order valence-corrected chi connectivity index (χ0v) is 19.9. The summed E-state index contributed by atoms with van der Waals surface area (Å²) in [6.45, 7) is 6.82. The summed E-state index contributed by atoms with van der Waals surface area (Å²) in [5.41, 5.74) is 3.77. The number of nitrogens with one attached hydrogen (secondary N) is 1. The van der Waals surface area contributed by atoms with Gasteiger partial charge in [0.25, 0.3) is 5.91 Å². The van der Waals surface area contributed by atoms with Crippen LogP contribution in [-0.2, 0) is 25.2 Å². The smallest absolute Gasteiger partial charge is 0.256 e. The number of carbonyl (C=O) groups is 2. The van der Waals surface area contributed by atoms with Crippen LogP contribution in [0.4, 0.5) is 5.69 Å². The maximum absolute atomic E-state index is 13.2. The quantitative estimate of drug-likeness (QED) is 0.451. The van der Waals surface area contributed by atoms with Crippen LogP contribution in [0.1, 0.15) is 37.5 Å². The SMILES string of the molecule is C\C=C/C(C(C)=O)=C(C)/C=C1\C(=O)Nc2ccc(S(=O)(=O)Cc3c(C)cccc3Cl)cc21. The monoisotopic (exact) mass is 469 g/mol. The molecule has 0 aliphatic carbocycles. The number of hydrogen-bond acceptors (Lipinski definition) is 4. The Morgan fingerprint density at radius 3 is 2.50 bits per heavy atom. The van der Waals surface area contributed by atoms with E-state index in [0.717, 1.165) is 5.56 Å². The van der Waals surface area contributed by atoms with Crippen molar-refractivity contribution in [1.29, 1.82) is 0 Å². The van der Waals surface area contributed by atoms with Crippen molar-refractivity contribution < 1.29 is 18.0 Å².